The van der Waals surface area contributed by atoms with E-state index in [0.717, 1.165) is 10.0 Å². The van der Waals surface area contributed by atoms with Crippen LogP contribution in [0, 0.1) is 0 Å². The van der Waals surface area contributed by atoms with Crippen LogP contribution in [0.3, 0.4) is 0 Å². The molecule has 6 heteroatoms. The van der Waals surface area contributed by atoms with Crippen molar-refractivity contribution >= 4 is 37.6 Å². The molecule has 2 aromatic carbocycles. The van der Waals surface area contributed by atoms with Gasteiger partial charge in [0.15, 0.2) is 0 Å². The SMILES string of the molecule is O=S(=O)(c1cccc(Br)c1)N(CCCl)Cc1ccccc1. The van der Waals surface area contributed by atoms with Crippen LogP contribution in [-0.2, 0) is 16.6 Å². The standard InChI is InChI=1S/C15H15BrClNO2S/c16-14-7-4-8-15(11-14)21(19,20)18(10-9-17)12-13-5-2-1-3-6-13/h1-8,11H,9-10,12H2. The quantitative estimate of drug-likeness (QED) is 0.704. The number of hydrogen-bond donors (Lipinski definition) is 0. The van der Waals surface area contributed by atoms with Crippen LogP contribution in [0.5, 0.6) is 0 Å². The summed E-state index contributed by atoms with van der Waals surface area (Å²) in [5, 5.41) is 0. The van der Waals surface area contributed by atoms with Gasteiger partial charge in [-0.2, -0.15) is 4.31 Å². The average Bonchev–Trinajstić information content (AvgIpc) is 2.48. The fourth-order valence-electron chi connectivity index (χ4n) is 1.94. The largest absolute Gasteiger partial charge is 0.243 e. The molecule has 2 aromatic rings. The Morgan fingerprint density at radius 3 is 2.38 bits per heavy atom. The topological polar surface area (TPSA) is 37.4 Å². The van der Waals surface area contributed by atoms with E-state index in [2.05, 4.69) is 15.9 Å². The van der Waals surface area contributed by atoms with E-state index >= 15 is 0 Å². The van der Waals surface area contributed by atoms with Crippen LogP contribution in [0.2, 0.25) is 0 Å². The Morgan fingerprint density at radius 2 is 1.76 bits per heavy atom. The molecule has 0 heterocycles. The summed E-state index contributed by atoms with van der Waals surface area (Å²) in [5.41, 5.74) is 0.932. The number of nitrogens with zero attached hydrogens (tertiary/aromatic N) is 1. The second-order valence-electron chi connectivity index (χ2n) is 4.47. The number of alkyl halides is 1. The van der Waals surface area contributed by atoms with Crippen LogP contribution < -0.4 is 0 Å². The minimum Gasteiger partial charge on any atom is -0.207 e. The molecule has 21 heavy (non-hydrogen) atoms. The molecule has 0 atom stereocenters. The minimum atomic E-state index is -3.57. The summed E-state index contributed by atoms with van der Waals surface area (Å²) in [7, 11) is -3.57. The third kappa shape index (κ3) is 4.30. The van der Waals surface area contributed by atoms with Crippen LogP contribution in [0.25, 0.3) is 0 Å². The molecular formula is C15H15BrClNO2S. The number of sulfonamides is 1. The summed E-state index contributed by atoms with van der Waals surface area (Å²) in [4.78, 5) is 0.262. The van der Waals surface area contributed by atoms with Gasteiger partial charge >= 0.3 is 0 Å². The molecule has 112 valence electrons. The van der Waals surface area contributed by atoms with Crippen molar-refractivity contribution in [2.75, 3.05) is 12.4 Å². The molecule has 0 aliphatic rings. The summed E-state index contributed by atoms with van der Waals surface area (Å²) < 4.78 is 27.6. The molecule has 2 rings (SSSR count). The molecule has 0 fully saturated rings. The van der Waals surface area contributed by atoms with Crippen molar-refractivity contribution in [2.45, 2.75) is 11.4 Å². The van der Waals surface area contributed by atoms with Crippen molar-refractivity contribution in [3.63, 3.8) is 0 Å². The van der Waals surface area contributed by atoms with Crippen LogP contribution >= 0.6 is 27.5 Å². The van der Waals surface area contributed by atoms with Crippen molar-refractivity contribution < 1.29 is 8.42 Å². The normalized spacial score (nSPS) is 11.8. The van der Waals surface area contributed by atoms with Gasteiger partial charge in [0.25, 0.3) is 0 Å². The Balaban J connectivity index is 2.32. The van der Waals surface area contributed by atoms with E-state index in [1.54, 1.807) is 24.3 Å². The Labute approximate surface area is 138 Å². The highest BCUT2D eigenvalue weighted by Gasteiger charge is 2.24. The molecule has 0 aliphatic carbocycles. The maximum atomic E-state index is 12.7. The second kappa shape index (κ2) is 7.40. The van der Waals surface area contributed by atoms with E-state index in [4.69, 9.17) is 11.6 Å². The molecule has 0 saturated heterocycles. The Kier molecular flexibility index (Phi) is 5.81. The lowest BCUT2D eigenvalue weighted by Gasteiger charge is -2.21. The van der Waals surface area contributed by atoms with E-state index in [0.29, 0.717) is 6.54 Å². The van der Waals surface area contributed by atoms with E-state index in [-0.39, 0.29) is 17.3 Å². The lowest BCUT2D eigenvalue weighted by Crippen LogP contribution is -2.32. The molecule has 3 nitrogen and oxygen atoms in total. The van der Waals surface area contributed by atoms with Gasteiger partial charge in [0.05, 0.1) is 4.90 Å². The fraction of sp³-hybridized carbons (Fsp3) is 0.200. The molecule has 0 aromatic heterocycles. The highest BCUT2D eigenvalue weighted by Crippen LogP contribution is 2.21. The summed E-state index contributed by atoms with van der Waals surface area (Å²) >= 11 is 9.07. The maximum absolute atomic E-state index is 12.7. The van der Waals surface area contributed by atoms with Crippen LogP contribution in [0.1, 0.15) is 5.56 Å². The first-order valence-corrected chi connectivity index (χ1v) is 9.16. The van der Waals surface area contributed by atoms with Gasteiger partial charge in [-0.15, -0.1) is 11.6 Å². The van der Waals surface area contributed by atoms with Gasteiger partial charge in [-0.25, -0.2) is 8.42 Å². The molecule has 0 saturated carbocycles. The van der Waals surface area contributed by atoms with Crippen molar-refractivity contribution in [2.24, 2.45) is 0 Å². The monoisotopic (exact) mass is 387 g/mol. The fourth-order valence-corrected chi connectivity index (χ4v) is 4.27. The van der Waals surface area contributed by atoms with E-state index in [9.17, 15) is 8.42 Å². The molecule has 0 radical (unpaired) electrons. The van der Waals surface area contributed by atoms with Crippen molar-refractivity contribution in [1.82, 2.24) is 4.31 Å². The number of benzene rings is 2. The zero-order valence-corrected chi connectivity index (χ0v) is 14.4. The third-order valence-electron chi connectivity index (χ3n) is 2.97. The van der Waals surface area contributed by atoms with E-state index < -0.39 is 10.0 Å². The van der Waals surface area contributed by atoms with Gasteiger partial charge in [-0.3, -0.25) is 0 Å². The summed E-state index contributed by atoms with van der Waals surface area (Å²) in [6.45, 7) is 0.577. The lowest BCUT2D eigenvalue weighted by molar-refractivity contribution is 0.425. The van der Waals surface area contributed by atoms with Gasteiger partial charge < -0.3 is 0 Å². The Morgan fingerprint density at radius 1 is 1.05 bits per heavy atom. The first-order chi connectivity index (χ1) is 10.0. The summed E-state index contributed by atoms with van der Waals surface area (Å²) in [5.74, 6) is 0.250. The van der Waals surface area contributed by atoms with Gasteiger partial charge in [0.1, 0.15) is 0 Å². The van der Waals surface area contributed by atoms with E-state index in [1.807, 2.05) is 30.3 Å². The Bertz CT molecular complexity index is 692. The predicted molar refractivity (Wildman–Crippen MR) is 88.9 cm³/mol. The molecule has 0 spiro atoms. The van der Waals surface area contributed by atoms with E-state index in [1.165, 1.54) is 4.31 Å². The number of rotatable bonds is 6. The summed E-state index contributed by atoms with van der Waals surface area (Å²) in [6.07, 6.45) is 0. The van der Waals surface area contributed by atoms with Gasteiger partial charge in [0.2, 0.25) is 10.0 Å². The number of hydrogen-bond acceptors (Lipinski definition) is 2. The molecule has 0 amide bonds. The first-order valence-electron chi connectivity index (χ1n) is 6.39. The zero-order chi connectivity index (χ0) is 15.3. The molecular weight excluding hydrogens is 374 g/mol. The molecule has 0 N–H and O–H groups in total. The third-order valence-corrected chi connectivity index (χ3v) is 5.47. The van der Waals surface area contributed by atoms with Crippen LogP contribution in [0.15, 0.2) is 64.0 Å². The highest BCUT2D eigenvalue weighted by molar-refractivity contribution is 9.10. The summed E-state index contributed by atoms with van der Waals surface area (Å²) in [6, 6.07) is 16.2. The Hall–Kier alpha value is -0.880. The van der Waals surface area contributed by atoms with Gasteiger partial charge in [-0.1, -0.05) is 52.3 Å². The van der Waals surface area contributed by atoms with Crippen molar-refractivity contribution in [3.05, 3.63) is 64.6 Å². The van der Waals surface area contributed by atoms with Gasteiger partial charge in [0, 0.05) is 23.4 Å². The highest BCUT2D eigenvalue weighted by atomic mass is 79.9. The molecule has 0 bridgehead atoms. The molecule has 0 unspecified atom stereocenters. The maximum Gasteiger partial charge on any atom is 0.243 e. The first kappa shape index (κ1) is 16.5. The smallest absolute Gasteiger partial charge is 0.207 e. The van der Waals surface area contributed by atoms with Crippen LogP contribution in [-0.4, -0.2) is 25.1 Å². The van der Waals surface area contributed by atoms with Crippen molar-refractivity contribution in [3.8, 4) is 0 Å². The van der Waals surface area contributed by atoms with Crippen molar-refractivity contribution in [1.29, 1.82) is 0 Å². The van der Waals surface area contributed by atoms with Crippen LogP contribution in [0.4, 0.5) is 0 Å². The minimum absolute atomic E-state index is 0.250. The van der Waals surface area contributed by atoms with Gasteiger partial charge in [-0.05, 0) is 23.8 Å². The predicted octanol–water partition coefficient (Wildman–Crippen LogP) is 3.88. The lowest BCUT2D eigenvalue weighted by atomic mass is 10.2. The number of halogens is 2. The second-order valence-corrected chi connectivity index (χ2v) is 7.70. The average molecular weight is 389 g/mol. The zero-order valence-electron chi connectivity index (χ0n) is 11.2. The molecule has 0 aliphatic heterocycles.